The van der Waals surface area contributed by atoms with Gasteiger partial charge in [0.25, 0.3) is 0 Å². The van der Waals surface area contributed by atoms with E-state index in [1.165, 1.54) is 0 Å². The summed E-state index contributed by atoms with van der Waals surface area (Å²) in [6.45, 7) is 0. The van der Waals surface area contributed by atoms with Gasteiger partial charge in [0.2, 0.25) is 0 Å². The Balaban J connectivity index is 2.28. The van der Waals surface area contributed by atoms with Gasteiger partial charge in [-0.25, -0.2) is 19.9 Å². The third kappa shape index (κ3) is 1.23. The van der Waals surface area contributed by atoms with Crippen molar-refractivity contribution in [2.24, 2.45) is 0 Å². The third-order valence-corrected chi connectivity index (χ3v) is 3.62. The van der Waals surface area contributed by atoms with E-state index in [-0.39, 0.29) is 0 Å². The van der Waals surface area contributed by atoms with Gasteiger partial charge in [-0.2, -0.15) is 0 Å². The zero-order chi connectivity index (χ0) is 11.2. The Labute approximate surface area is 100.0 Å². The number of aromatic nitrogens is 4. The Morgan fingerprint density at radius 2 is 1.76 bits per heavy atom. The molecule has 80 valence electrons. The van der Waals surface area contributed by atoms with Crippen LogP contribution in [0, 0.1) is 0 Å². The lowest BCUT2D eigenvalue weighted by Gasteiger charge is -1.94. The van der Waals surface area contributed by atoms with Crippen molar-refractivity contribution in [2.75, 3.05) is 0 Å². The van der Waals surface area contributed by atoms with Gasteiger partial charge < -0.3 is 0 Å². The molecular formula is C12H6N4S. The Morgan fingerprint density at radius 3 is 2.76 bits per heavy atom. The first kappa shape index (κ1) is 8.95. The molecule has 0 aromatic carbocycles. The molecule has 4 aromatic heterocycles. The van der Waals surface area contributed by atoms with Crippen LogP contribution < -0.4 is 0 Å². The Kier molecular flexibility index (Phi) is 1.67. The highest BCUT2D eigenvalue weighted by atomic mass is 32.1. The lowest BCUT2D eigenvalue weighted by molar-refractivity contribution is 1.30. The van der Waals surface area contributed by atoms with E-state index in [1.807, 2.05) is 24.3 Å². The lowest BCUT2D eigenvalue weighted by atomic mass is 10.3. The molecule has 4 nitrogen and oxygen atoms in total. The molecule has 0 aliphatic carbocycles. The fourth-order valence-corrected chi connectivity index (χ4v) is 2.83. The SMILES string of the molecule is c1cnc2nc3sc4ncccc4c3nc2c1. The van der Waals surface area contributed by atoms with Crippen molar-refractivity contribution in [3.8, 4) is 0 Å². The molecule has 4 rings (SSSR count). The van der Waals surface area contributed by atoms with Crippen molar-refractivity contribution in [2.45, 2.75) is 0 Å². The Bertz CT molecular complexity index is 847. The van der Waals surface area contributed by atoms with Gasteiger partial charge in [0.15, 0.2) is 5.65 Å². The second-order valence-electron chi connectivity index (χ2n) is 3.68. The molecule has 0 unspecified atom stereocenters. The van der Waals surface area contributed by atoms with Crippen LogP contribution in [0.2, 0.25) is 0 Å². The summed E-state index contributed by atoms with van der Waals surface area (Å²) in [5.41, 5.74) is 2.42. The number of nitrogens with zero attached hydrogens (tertiary/aromatic N) is 4. The smallest absolute Gasteiger partial charge is 0.179 e. The summed E-state index contributed by atoms with van der Waals surface area (Å²) in [7, 11) is 0. The van der Waals surface area contributed by atoms with E-state index in [4.69, 9.17) is 0 Å². The van der Waals surface area contributed by atoms with Crippen LogP contribution in [0.25, 0.3) is 31.7 Å². The number of thiophene rings is 1. The van der Waals surface area contributed by atoms with Crippen molar-refractivity contribution in [3.05, 3.63) is 36.7 Å². The van der Waals surface area contributed by atoms with Crippen molar-refractivity contribution < 1.29 is 0 Å². The molecule has 0 fully saturated rings. The maximum atomic E-state index is 4.61. The minimum Gasteiger partial charge on any atom is -0.245 e. The highest BCUT2D eigenvalue weighted by molar-refractivity contribution is 7.25. The topological polar surface area (TPSA) is 51.6 Å². The van der Waals surface area contributed by atoms with Gasteiger partial charge in [0.05, 0.1) is 0 Å². The van der Waals surface area contributed by atoms with Crippen LogP contribution in [0.1, 0.15) is 0 Å². The number of hydrogen-bond acceptors (Lipinski definition) is 5. The maximum Gasteiger partial charge on any atom is 0.179 e. The summed E-state index contributed by atoms with van der Waals surface area (Å²) in [4.78, 5) is 19.5. The number of rotatable bonds is 0. The molecule has 0 atom stereocenters. The predicted molar refractivity (Wildman–Crippen MR) is 68.0 cm³/mol. The van der Waals surface area contributed by atoms with E-state index in [0.29, 0.717) is 5.65 Å². The molecule has 5 heteroatoms. The molecule has 4 aromatic rings. The summed E-state index contributed by atoms with van der Waals surface area (Å²) in [5, 5.41) is 1.06. The van der Waals surface area contributed by atoms with Gasteiger partial charge in [-0.05, 0) is 24.3 Å². The van der Waals surface area contributed by atoms with Crippen LogP contribution in [0.15, 0.2) is 36.7 Å². The number of pyridine rings is 2. The first-order valence-corrected chi connectivity index (χ1v) is 5.99. The zero-order valence-corrected chi connectivity index (χ0v) is 9.48. The van der Waals surface area contributed by atoms with Gasteiger partial charge in [-0.3, -0.25) is 0 Å². The van der Waals surface area contributed by atoms with E-state index in [1.54, 1.807) is 23.7 Å². The van der Waals surface area contributed by atoms with Crippen molar-refractivity contribution in [1.82, 2.24) is 19.9 Å². The van der Waals surface area contributed by atoms with E-state index >= 15 is 0 Å². The predicted octanol–water partition coefficient (Wildman–Crippen LogP) is 2.79. The number of fused-ring (bicyclic) bond motifs is 4. The molecule has 0 N–H and O–H groups in total. The zero-order valence-electron chi connectivity index (χ0n) is 8.66. The molecule has 4 heterocycles. The first-order valence-electron chi connectivity index (χ1n) is 5.18. The molecule has 0 bridgehead atoms. The quantitative estimate of drug-likeness (QED) is 0.472. The van der Waals surface area contributed by atoms with Crippen molar-refractivity contribution in [1.29, 1.82) is 0 Å². The van der Waals surface area contributed by atoms with Gasteiger partial charge in [-0.15, -0.1) is 0 Å². The maximum absolute atomic E-state index is 4.61. The molecule has 0 saturated carbocycles. The molecule has 0 spiro atoms. The number of hydrogen-bond donors (Lipinski definition) is 0. The van der Waals surface area contributed by atoms with E-state index in [2.05, 4.69) is 19.9 Å². The Morgan fingerprint density at radius 1 is 0.882 bits per heavy atom. The molecule has 0 radical (unpaired) electrons. The standard InChI is InChI=1S/C12H6N4S/c1-3-7-9-12(17-11(7)14-6-1)16-10-8(15-9)4-2-5-13-10/h1-6H. The van der Waals surface area contributed by atoms with E-state index in [0.717, 1.165) is 26.1 Å². The average Bonchev–Trinajstić information content (AvgIpc) is 2.73. The first-order chi connectivity index (χ1) is 8.42. The molecule has 0 amide bonds. The largest absolute Gasteiger partial charge is 0.245 e. The summed E-state index contributed by atoms with van der Waals surface area (Å²) in [5.74, 6) is 0. The molecular weight excluding hydrogens is 232 g/mol. The van der Waals surface area contributed by atoms with E-state index < -0.39 is 0 Å². The molecule has 17 heavy (non-hydrogen) atoms. The summed E-state index contributed by atoms with van der Waals surface area (Å²) in [6.07, 6.45) is 3.52. The highest BCUT2D eigenvalue weighted by Gasteiger charge is 2.09. The van der Waals surface area contributed by atoms with Gasteiger partial charge in [-0.1, -0.05) is 11.3 Å². The normalized spacial score (nSPS) is 11.5. The van der Waals surface area contributed by atoms with Gasteiger partial charge in [0, 0.05) is 17.8 Å². The molecule has 0 saturated heterocycles. The second kappa shape index (κ2) is 3.18. The van der Waals surface area contributed by atoms with Crippen molar-refractivity contribution in [3.63, 3.8) is 0 Å². The minimum atomic E-state index is 0.687. The summed E-state index contributed by atoms with van der Waals surface area (Å²) < 4.78 is 0. The minimum absolute atomic E-state index is 0.687. The van der Waals surface area contributed by atoms with Gasteiger partial charge in [0.1, 0.15) is 20.7 Å². The van der Waals surface area contributed by atoms with Crippen LogP contribution in [-0.4, -0.2) is 19.9 Å². The average molecular weight is 238 g/mol. The van der Waals surface area contributed by atoms with Crippen LogP contribution in [0.4, 0.5) is 0 Å². The van der Waals surface area contributed by atoms with Crippen LogP contribution in [-0.2, 0) is 0 Å². The summed E-state index contributed by atoms with van der Waals surface area (Å²) in [6, 6.07) is 7.74. The monoisotopic (exact) mass is 238 g/mol. The van der Waals surface area contributed by atoms with Crippen LogP contribution in [0.3, 0.4) is 0 Å². The van der Waals surface area contributed by atoms with Gasteiger partial charge >= 0.3 is 0 Å². The fourth-order valence-electron chi connectivity index (χ4n) is 1.87. The lowest BCUT2D eigenvalue weighted by Crippen LogP contribution is -1.86. The second-order valence-corrected chi connectivity index (χ2v) is 4.66. The molecule has 0 aliphatic rings. The highest BCUT2D eigenvalue weighted by Crippen LogP contribution is 2.30. The van der Waals surface area contributed by atoms with Crippen LogP contribution in [0.5, 0.6) is 0 Å². The Hall–Kier alpha value is -2.14. The fraction of sp³-hybridized carbons (Fsp3) is 0. The van der Waals surface area contributed by atoms with E-state index in [9.17, 15) is 0 Å². The van der Waals surface area contributed by atoms with Crippen molar-refractivity contribution >= 4 is 43.1 Å². The third-order valence-electron chi connectivity index (χ3n) is 2.63. The molecule has 0 aliphatic heterocycles. The summed E-state index contributed by atoms with van der Waals surface area (Å²) >= 11 is 1.55. The van der Waals surface area contributed by atoms with Crippen LogP contribution >= 0.6 is 11.3 Å².